The minimum absolute atomic E-state index is 0.0643. The summed E-state index contributed by atoms with van der Waals surface area (Å²) < 4.78 is 64.2. The van der Waals surface area contributed by atoms with Gasteiger partial charge in [-0.3, -0.25) is 4.79 Å². The number of methoxy groups -OCH3 is 1. The summed E-state index contributed by atoms with van der Waals surface area (Å²) in [6.07, 6.45) is -1.35. The van der Waals surface area contributed by atoms with Crippen molar-refractivity contribution in [2.75, 3.05) is 12.4 Å². The van der Waals surface area contributed by atoms with Gasteiger partial charge in [-0.05, 0) is 54.5 Å². The lowest BCUT2D eigenvalue weighted by molar-refractivity contribution is -0.137. The van der Waals surface area contributed by atoms with Gasteiger partial charge in [-0.2, -0.15) is 18.4 Å². The number of rotatable bonds is 9. The summed E-state index contributed by atoms with van der Waals surface area (Å²) in [6, 6.07) is 15.2. The molecule has 37 heavy (non-hydrogen) atoms. The number of hydrogen-bond acceptors (Lipinski definition) is 4. The third kappa shape index (κ3) is 6.98. The van der Waals surface area contributed by atoms with Gasteiger partial charge in [-0.15, -0.1) is 6.58 Å². The van der Waals surface area contributed by atoms with E-state index in [9.17, 15) is 27.6 Å². The molecule has 190 valence electrons. The van der Waals surface area contributed by atoms with Gasteiger partial charge in [0.2, 0.25) is 0 Å². The molecule has 0 unspecified atom stereocenters. The fourth-order valence-corrected chi connectivity index (χ4v) is 3.44. The minimum atomic E-state index is -4.58. The Kier molecular flexibility index (Phi) is 8.69. The van der Waals surface area contributed by atoms with Crippen LogP contribution in [0.15, 0.2) is 78.9 Å². The molecule has 0 fully saturated rings. The van der Waals surface area contributed by atoms with E-state index in [1.165, 1.54) is 31.4 Å². The summed E-state index contributed by atoms with van der Waals surface area (Å²) >= 11 is 0. The van der Waals surface area contributed by atoms with Crippen LogP contribution in [-0.2, 0) is 24.0 Å². The van der Waals surface area contributed by atoms with E-state index >= 15 is 0 Å². The van der Waals surface area contributed by atoms with Crippen LogP contribution in [0.25, 0.3) is 6.08 Å². The van der Waals surface area contributed by atoms with Gasteiger partial charge >= 0.3 is 6.18 Å². The van der Waals surface area contributed by atoms with Gasteiger partial charge in [-0.25, -0.2) is 4.39 Å². The number of allylic oxidation sites excluding steroid dienone is 1. The number of hydrogen-bond donors (Lipinski definition) is 1. The van der Waals surface area contributed by atoms with Crippen molar-refractivity contribution in [3.8, 4) is 17.6 Å². The molecule has 0 spiro atoms. The van der Waals surface area contributed by atoms with Crippen LogP contribution < -0.4 is 14.8 Å². The Hall–Kier alpha value is -4.58. The van der Waals surface area contributed by atoms with Crippen molar-refractivity contribution < 1.29 is 31.8 Å². The fraction of sp³-hybridized carbons (Fsp3) is 0.143. The molecule has 0 saturated heterocycles. The summed E-state index contributed by atoms with van der Waals surface area (Å²) in [5, 5.41) is 11.9. The second-order valence-corrected chi connectivity index (χ2v) is 7.79. The predicted octanol–water partition coefficient (Wildman–Crippen LogP) is 6.71. The second-order valence-electron chi connectivity index (χ2n) is 7.79. The van der Waals surface area contributed by atoms with Crippen LogP contribution in [0.1, 0.15) is 22.3 Å². The van der Waals surface area contributed by atoms with Crippen LogP contribution in [0.3, 0.4) is 0 Å². The Morgan fingerprint density at radius 2 is 1.86 bits per heavy atom. The van der Waals surface area contributed by atoms with E-state index in [0.29, 0.717) is 28.9 Å². The summed E-state index contributed by atoms with van der Waals surface area (Å²) in [4.78, 5) is 12.6. The van der Waals surface area contributed by atoms with Gasteiger partial charge in [0, 0.05) is 16.8 Å². The summed E-state index contributed by atoms with van der Waals surface area (Å²) in [5.41, 5.74) is -0.0318. The van der Waals surface area contributed by atoms with Crippen LogP contribution in [0.4, 0.5) is 23.2 Å². The smallest absolute Gasteiger partial charge is 0.416 e. The monoisotopic (exact) mass is 510 g/mol. The van der Waals surface area contributed by atoms with E-state index in [2.05, 4.69) is 11.9 Å². The van der Waals surface area contributed by atoms with E-state index in [4.69, 9.17) is 9.47 Å². The van der Waals surface area contributed by atoms with Gasteiger partial charge in [0.05, 0.1) is 12.7 Å². The average Bonchev–Trinajstić information content (AvgIpc) is 2.87. The molecule has 5 nitrogen and oxygen atoms in total. The van der Waals surface area contributed by atoms with E-state index < -0.39 is 23.5 Å². The highest BCUT2D eigenvalue weighted by Crippen LogP contribution is 2.35. The first kappa shape index (κ1) is 27.0. The van der Waals surface area contributed by atoms with Gasteiger partial charge < -0.3 is 14.8 Å². The number of nitrogens with zero attached hydrogens (tertiary/aromatic N) is 1. The quantitative estimate of drug-likeness (QED) is 0.150. The first-order valence-corrected chi connectivity index (χ1v) is 10.9. The highest BCUT2D eigenvalue weighted by Gasteiger charge is 2.30. The summed E-state index contributed by atoms with van der Waals surface area (Å²) in [7, 11) is 1.40. The highest BCUT2D eigenvalue weighted by atomic mass is 19.4. The normalized spacial score (nSPS) is 11.4. The van der Waals surface area contributed by atoms with Gasteiger partial charge in [0.25, 0.3) is 5.91 Å². The molecule has 0 saturated carbocycles. The molecule has 1 N–H and O–H groups in total. The summed E-state index contributed by atoms with van der Waals surface area (Å²) in [5.74, 6) is -0.685. The molecule has 0 aliphatic carbocycles. The standard InChI is InChI=1S/C28H22F4N2O3/c1-3-7-19-12-18(14-25(36-2)26(19)37-17-20-8-4-5-11-24(20)29)13-21(16-33)27(35)34-23-10-6-9-22(15-23)28(30,31)32/h3-6,8-15H,1,7,17H2,2H3,(H,34,35)/b21-13+. The Labute approximate surface area is 211 Å². The predicted molar refractivity (Wildman–Crippen MR) is 131 cm³/mol. The largest absolute Gasteiger partial charge is 0.493 e. The van der Waals surface area contributed by atoms with Crippen LogP contribution in [-0.4, -0.2) is 13.0 Å². The first-order valence-electron chi connectivity index (χ1n) is 10.9. The molecule has 0 aliphatic rings. The minimum Gasteiger partial charge on any atom is -0.493 e. The molecule has 9 heteroatoms. The molecular formula is C28H22F4N2O3. The van der Waals surface area contributed by atoms with E-state index in [-0.39, 0.29) is 23.6 Å². The lowest BCUT2D eigenvalue weighted by Crippen LogP contribution is -2.14. The number of nitriles is 1. The lowest BCUT2D eigenvalue weighted by atomic mass is 10.0. The average molecular weight is 510 g/mol. The van der Waals surface area contributed by atoms with Crippen LogP contribution in [0, 0.1) is 17.1 Å². The third-order valence-corrected chi connectivity index (χ3v) is 5.19. The number of benzene rings is 3. The molecule has 0 heterocycles. The number of anilines is 1. The van der Waals surface area contributed by atoms with Gasteiger partial charge in [0.1, 0.15) is 24.1 Å². The molecule has 0 aliphatic heterocycles. The molecule has 0 atom stereocenters. The number of amides is 1. The van der Waals surface area contributed by atoms with Crippen molar-refractivity contribution in [2.24, 2.45) is 0 Å². The molecule has 0 radical (unpaired) electrons. The summed E-state index contributed by atoms with van der Waals surface area (Å²) in [6.45, 7) is 3.66. The zero-order valence-corrected chi connectivity index (χ0v) is 19.7. The number of carbonyl (C=O) groups excluding carboxylic acids is 1. The van der Waals surface area contributed by atoms with Crippen LogP contribution in [0.5, 0.6) is 11.5 Å². The fourth-order valence-electron chi connectivity index (χ4n) is 3.44. The third-order valence-electron chi connectivity index (χ3n) is 5.19. The van der Waals surface area contributed by atoms with Crippen molar-refractivity contribution in [1.82, 2.24) is 0 Å². The number of halogens is 4. The van der Waals surface area contributed by atoms with Gasteiger partial charge in [-0.1, -0.05) is 30.3 Å². The molecule has 0 bridgehead atoms. The zero-order chi connectivity index (χ0) is 27.0. The van der Waals surface area contributed by atoms with Crippen molar-refractivity contribution >= 4 is 17.7 Å². The Balaban J connectivity index is 1.90. The van der Waals surface area contributed by atoms with Crippen LogP contribution >= 0.6 is 0 Å². The van der Waals surface area contributed by atoms with Crippen molar-refractivity contribution in [2.45, 2.75) is 19.2 Å². The van der Waals surface area contributed by atoms with Gasteiger partial charge in [0.15, 0.2) is 11.5 Å². The number of ether oxygens (including phenoxy) is 2. The van der Waals surface area contributed by atoms with Crippen LogP contribution in [0.2, 0.25) is 0 Å². The first-order chi connectivity index (χ1) is 17.7. The second kappa shape index (κ2) is 11.9. The number of carbonyl (C=O) groups is 1. The lowest BCUT2D eigenvalue weighted by Gasteiger charge is -2.16. The number of alkyl halides is 3. The van der Waals surface area contributed by atoms with E-state index in [1.54, 1.807) is 36.4 Å². The van der Waals surface area contributed by atoms with E-state index in [1.807, 2.05) is 0 Å². The molecule has 3 rings (SSSR count). The topological polar surface area (TPSA) is 71.4 Å². The SMILES string of the molecule is C=CCc1cc(/C=C(\C#N)C(=O)Nc2cccc(C(F)(F)F)c2)cc(OC)c1OCc1ccccc1F. The van der Waals surface area contributed by atoms with Crippen molar-refractivity contribution in [3.05, 3.63) is 107 Å². The maximum Gasteiger partial charge on any atom is 0.416 e. The molecular weight excluding hydrogens is 488 g/mol. The Morgan fingerprint density at radius 1 is 1.11 bits per heavy atom. The number of nitrogens with one attached hydrogen (secondary N) is 1. The maximum atomic E-state index is 14.0. The Morgan fingerprint density at radius 3 is 2.51 bits per heavy atom. The highest BCUT2D eigenvalue weighted by molar-refractivity contribution is 6.09. The van der Waals surface area contributed by atoms with Crippen molar-refractivity contribution in [3.63, 3.8) is 0 Å². The molecule has 3 aromatic carbocycles. The maximum absolute atomic E-state index is 14.0. The van der Waals surface area contributed by atoms with Crippen molar-refractivity contribution in [1.29, 1.82) is 5.26 Å². The zero-order valence-electron chi connectivity index (χ0n) is 19.7. The van der Waals surface area contributed by atoms with E-state index in [0.717, 1.165) is 18.2 Å². The molecule has 3 aromatic rings. The molecule has 1 amide bonds. The molecule has 0 aromatic heterocycles. The Bertz CT molecular complexity index is 1370.